The number of piperazine rings is 1. The summed E-state index contributed by atoms with van der Waals surface area (Å²) in [5, 5.41) is 3.39. The van der Waals surface area contributed by atoms with Gasteiger partial charge in [0, 0.05) is 36.7 Å². The van der Waals surface area contributed by atoms with Crippen LogP contribution in [0.5, 0.6) is 0 Å². The van der Waals surface area contributed by atoms with Crippen molar-refractivity contribution in [1.29, 1.82) is 0 Å². The standard InChI is InChI=1S/C22H27N3O4S.C3H6/c1-4-8-16-15(5-2)19(18(20(26)23-16)22(28)29-6-3)24-10-12-25(13-11-24)21(27)17-9-7-14-30-17;1-3-2/h5,7-9,14H,4,6,10-13H2,1-3H3,(H,23,26);3H,1H2,2H3/b15-5+,16-8+;. The van der Waals surface area contributed by atoms with Gasteiger partial charge in [0.15, 0.2) is 0 Å². The first-order valence-electron chi connectivity index (χ1n) is 11.2. The number of hydrogen-bond donors (Lipinski definition) is 1. The Morgan fingerprint density at radius 3 is 2.39 bits per heavy atom. The largest absolute Gasteiger partial charge is 0.462 e. The third-order valence-electron chi connectivity index (χ3n) is 5.05. The van der Waals surface area contributed by atoms with E-state index < -0.39 is 11.5 Å². The third kappa shape index (κ3) is 6.22. The number of rotatable bonds is 5. The summed E-state index contributed by atoms with van der Waals surface area (Å²) >= 11 is 1.43. The number of aromatic amines is 1. The highest BCUT2D eigenvalue weighted by Gasteiger charge is 2.28. The summed E-state index contributed by atoms with van der Waals surface area (Å²) in [4.78, 5) is 45.5. The lowest BCUT2D eigenvalue weighted by Crippen LogP contribution is -2.52. The molecule has 1 amide bonds. The minimum absolute atomic E-state index is 0.0171. The van der Waals surface area contributed by atoms with Gasteiger partial charge in [-0.15, -0.1) is 17.9 Å². The molecule has 0 bridgehead atoms. The van der Waals surface area contributed by atoms with Crippen LogP contribution in [0.15, 0.2) is 35.0 Å². The molecule has 1 aliphatic rings. The van der Waals surface area contributed by atoms with Crippen LogP contribution in [0, 0.1) is 0 Å². The molecular formula is C25H33N3O4S. The van der Waals surface area contributed by atoms with Crippen LogP contribution in [0.3, 0.4) is 0 Å². The van der Waals surface area contributed by atoms with E-state index in [1.807, 2.05) is 60.2 Å². The SMILES string of the molecule is C/C=c1/c(N2CCN(C(=O)c3cccs3)CC2)c(C(=O)OCC)c(=O)[nH]/c1=C/CC.C=CC. The number of aromatic nitrogens is 1. The van der Waals surface area contributed by atoms with Gasteiger partial charge in [-0.1, -0.05) is 31.2 Å². The van der Waals surface area contributed by atoms with Crippen LogP contribution in [-0.2, 0) is 4.74 Å². The molecule has 1 aliphatic heterocycles. The van der Waals surface area contributed by atoms with E-state index in [9.17, 15) is 14.4 Å². The second-order valence-electron chi connectivity index (χ2n) is 7.29. The van der Waals surface area contributed by atoms with E-state index in [1.54, 1.807) is 13.0 Å². The topological polar surface area (TPSA) is 82.7 Å². The molecule has 0 unspecified atom stereocenters. The Kier molecular flexibility index (Phi) is 10.1. The van der Waals surface area contributed by atoms with Crippen molar-refractivity contribution >= 4 is 41.1 Å². The van der Waals surface area contributed by atoms with Crippen molar-refractivity contribution in [3.05, 3.63) is 61.5 Å². The van der Waals surface area contributed by atoms with E-state index in [0.717, 1.165) is 11.6 Å². The number of H-pyrrole nitrogens is 1. The van der Waals surface area contributed by atoms with Gasteiger partial charge in [0.1, 0.15) is 5.56 Å². The second kappa shape index (κ2) is 12.8. The molecule has 8 heteroatoms. The highest BCUT2D eigenvalue weighted by Crippen LogP contribution is 2.18. The summed E-state index contributed by atoms with van der Waals surface area (Å²) in [6.45, 7) is 13.1. The lowest BCUT2D eigenvalue weighted by molar-refractivity contribution is 0.0523. The summed E-state index contributed by atoms with van der Waals surface area (Å²) < 4.78 is 5.18. The molecule has 0 spiro atoms. The van der Waals surface area contributed by atoms with E-state index in [4.69, 9.17) is 4.74 Å². The summed E-state index contributed by atoms with van der Waals surface area (Å²) in [6.07, 6.45) is 6.34. The van der Waals surface area contributed by atoms with Crippen molar-refractivity contribution in [1.82, 2.24) is 9.88 Å². The van der Waals surface area contributed by atoms with E-state index in [-0.39, 0.29) is 18.1 Å². The fourth-order valence-electron chi connectivity index (χ4n) is 3.69. The number of nitrogens with one attached hydrogen (secondary N) is 1. The molecule has 0 radical (unpaired) electrons. The Hall–Kier alpha value is -3.13. The van der Waals surface area contributed by atoms with Gasteiger partial charge in [-0.05, 0) is 38.6 Å². The first kappa shape index (κ1) is 26.1. The van der Waals surface area contributed by atoms with Crippen LogP contribution in [-0.4, -0.2) is 54.5 Å². The van der Waals surface area contributed by atoms with Gasteiger partial charge >= 0.3 is 5.97 Å². The minimum Gasteiger partial charge on any atom is -0.462 e. The highest BCUT2D eigenvalue weighted by atomic mass is 32.1. The second-order valence-corrected chi connectivity index (χ2v) is 8.24. The van der Waals surface area contributed by atoms with Gasteiger partial charge in [0.2, 0.25) is 0 Å². The molecule has 2 aromatic rings. The molecule has 0 aromatic carbocycles. The molecule has 33 heavy (non-hydrogen) atoms. The number of anilines is 1. The maximum atomic E-state index is 12.8. The Balaban J connectivity index is 0.00000122. The van der Waals surface area contributed by atoms with Gasteiger partial charge in [0.25, 0.3) is 11.5 Å². The molecule has 0 saturated carbocycles. The fourth-order valence-corrected chi connectivity index (χ4v) is 4.38. The molecule has 3 heterocycles. The zero-order valence-corrected chi connectivity index (χ0v) is 20.7. The minimum atomic E-state index is -0.628. The Morgan fingerprint density at radius 2 is 1.88 bits per heavy atom. The molecule has 0 aliphatic carbocycles. The lowest BCUT2D eigenvalue weighted by atomic mass is 10.1. The summed E-state index contributed by atoms with van der Waals surface area (Å²) in [7, 11) is 0. The number of nitrogens with zero attached hydrogens (tertiary/aromatic N) is 2. The maximum absolute atomic E-state index is 12.8. The monoisotopic (exact) mass is 471 g/mol. The molecule has 1 fully saturated rings. The molecule has 0 atom stereocenters. The van der Waals surface area contributed by atoms with Crippen LogP contribution in [0.25, 0.3) is 12.2 Å². The number of carbonyl (C=O) groups excluding carboxylic acids is 2. The summed E-state index contributed by atoms with van der Waals surface area (Å²) in [5.74, 6) is -0.611. The Morgan fingerprint density at radius 1 is 1.21 bits per heavy atom. The van der Waals surface area contributed by atoms with E-state index in [0.29, 0.717) is 42.1 Å². The predicted octanol–water partition coefficient (Wildman–Crippen LogP) is 2.76. The van der Waals surface area contributed by atoms with Crippen molar-refractivity contribution < 1.29 is 14.3 Å². The lowest BCUT2D eigenvalue weighted by Gasteiger charge is -2.36. The van der Waals surface area contributed by atoms with Crippen LogP contribution in [0.4, 0.5) is 5.69 Å². The average Bonchev–Trinajstić information content (AvgIpc) is 3.34. The number of allylic oxidation sites excluding steroid dienone is 1. The zero-order valence-electron chi connectivity index (χ0n) is 19.8. The van der Waals surface area contributed by atoms with Crippen molar-refractivity contribution in [2.75, 3.05) is 37.7 Å². The van der Waals surface area contributed by atoms with Gasteiger partial charge < -0.3 is 19.5 Å². The zero-order chi connectivity index (χ0) is 24.4. The maximum Gasteiger partial charge on any atom is 0.345 e. The van der Waals surface area contributed by atoms with Gasteiger partial charge in [0.05, 0.1) is 17.2 Å². The van der Waals surface area contributed by atoms with Gasteiger partial charge in [-0.2, -0.15) is 0 Å². The molecule has 2 aromatic heterocycles. The first-order chi connectivity index (χ1) is 15.9. The van der Waals surface area contributed by atoms with Crippen LogP contribution < -0.4 is 21.0 Å². The normalized spacial score (nSPS) is 14.5. The van der Waals surface area contributed by atoms with Crippen molar-refractivity contribution in [3.8, 4) is 0 Å². The van der Waals surface area contributed by atoms with E-state index >= 15 is 0 Å². The Bertz CT molecular complexity index is 1130. The molecule has 3 rings (SSSR count). The van der Waals surface area contributed by atoms with E-state index in [1.165, 1.54) is 11.3 Å². The Labute approximate surface area is 198 Å². The summed E-state index contributed by atoms with van der Waals surface area (Å²) in [5.41, 5.74) is 0.157. The molecule has 178 valence electrons. The van der Waals surface area contributed by atoms with Crippen molar-refractivity contribution in [2.45, 2.75) is 34.1 Å². The quantitative estimate of drug-likeness (QED) is 0.536. The van der Waals surface area contributed by atoms with Crippen LogP contribution >= 0.6 is 11.3 Å². The number of esters is 1. The fraction of sp³-hybridized carbons (Fsp3) is 0.400. The number of hydrogen-bond acceptors (Lipinski definition) is 6. The number of amides is 1. The molecule has 1 N–H and O–H groups in total. The first-order valence-corrected chi connectivity index (χ1v) is 12.1. The van der Waals surface area contributed by atoms with Gasteiger partial charge in [-0.25, -0.2) is 4.79 Å². The molecule has 7 nitrogen and oxygen atoms in total. The number of pyridine rings is 1. The summed E-state index contributed by atoms with van der Waals surface area (Å²) in [6, 6.07) is 3.69. The van der Waals surface area contributed by atoms with Crippen LogP contribution in [0.1, 0.15) is 54.1 Å². The highest BCUT2D eigenvalue weighted by molar-refractivity contribution is 7.12. The van der Waals surface area contributed by atoms with E-state index in [2.05, 4.69) is 11.6 Å². The number of carbonyl (C=O) groups is 2. The van der Waals surface area contributed by atoms with Gasteiger partial charge in [-0.3, -0.25) is 9.59 Å². The van der Waals surface area contributed by atoms with Crippen molar-refractivity contribution in [3.63, 3.8) is 0 Å². The average molecular weight is 472 g/mol. The number of ether oxygens (including phenoxy) is 1. The molecule has 1 saturated heterocycles. The smallest absolute Gasteiger partial charge is 0.345 e. The van der Waals surface area contributed by atoms with Crippen molar-refractivity contribution in [2.24, 2.45) is 0 Å². The predicted molar refractivity (Wildman–Crippen MR) is 135 cm³/mol. The molecular weight excluding hydrogens is 438 g/mol. The third-order valence-corrected chi connectivity index (χ3v) is 5.91. The number of thiophene rings is 1. The van der Waals surface area contributed by atoms with Crippen LogP contribution in [0.2, 0.25) is 0 Å².